The normalized spacial score (nSPS) is 20.9. The van der Waals surface area contributed by atoms with Gasteiger partial charge >= 0.3 is 53.8 Å². The fourth-order valence-electron chi connectivity index (χ4n) is 1.25. The molecule has 0 aliphatic carbocycles. The van der Waals surface area contributed by atoms with Gasteiger partial charge in [0.25, 0.3) is 0 Å². The van der Waals surface area contributed by atoms with E-state index < -0.39 is 21.0 Å². The predicted octanol–water partition coefficient (Wildman–Crippen LogP) is -0.726. The summed E-state index contributed by atoms with van der Waals surface area (Å²) in [6.45, 7) is 7.69. The molecule has 0 aromatic carbocycles. The molecule has 0 radical (unpaired) electrons. The van der Waals surface area contributed by atoms with Gasteiger partial charge in [-0.05, 0) is 5.16 Å². The summed E-state index contributed by atoms with van der Waals surface area (Å²) in [7, 11) is -4.43. The van der Waals surface area contributed by atoms with Crippen molar-refractivity contribution in [3.05, 3.63) is 21.3 Å². The molecular formula is C9H16N3O6SY. The van der Waals surface area contributed by atoms with Crippen LogP contribution in [0.25, 0.3) is 0 Å². The molecule has 1 amide bonds. The maximum absolute atomic E-state index is 12.2. The molecule has 112 valence electrons. The summed E-state index contributed by atoms with van der Waals surface area (Å²) in [6, 6.07) is 0. The van der Waals surface area contributed by atoms with Gasteiger partial charge in [0, 0.05) is 6.92 Å². The van der Waals surface area contributed by atoms with Gasteiger partial charge in [-0.15, -0.1) is 13.1 Å². The zero-order chi connectivity index (χ0) is 14.0. The number of amides is 1. The number of hydroxylamine groups is 1. The third-order valence-corrected chi connectivity index (χ3v) is 4.20. The maximum atomic E-state index is 12.2. The molecule has 0 bridgehead atoms. The third kappa shape index (κ3) is 3.48. The fourth-order valence-corrected chi connectivity index (χ4v) is 2.71. The molecule has 20 heavy (non-hydrogen) atoms. The Morgan fingerprint density at radius 2 is 2.00 bits per heavy atom. The molecule has 1 rings (SSSR count). The molecule has 0 spiro atoms. The molecule has 1 unspecified atom stereocenters. The van der Waals surface area contributed by atoms with Gasteiger partial charge in [0.2, 0.25) is 5.90 Å². The fraction of sp³-hybridized carbons (Fsp3) is 0.444. The van der Waals surface area contributed by atoms with Gasteiger partial charge in [-0.2, -0.15) is 0 Å². The number of nitrogens with one attached hydrogen (secondary N) is 1. The maximum Gasteiger partial charge on any atom is 3.00 e. The molecule has 2 N–H and O–H groups in total. The molecule has 11 heteroatoms. The summed E-state index contributed by atoms with van der Waals surface area (Å²) in [4.78, 5) is 16.1. The summed E-state index contributed by atoms with van der Waals surface area (Å²) in [5.41, 5.74) is 1.17. The van der Waals surface area contributed by atoms with E-state index in [2.05, 4.69) is 23.8 Å². The molecule has 0 saturated heterocycles. The van der Waals surface area contributed by atoms with Crippen molar-refractivity contribution in [1.29, 1.82) is 0 Å². The van der Waals surface area contributed by atoms with Gasteiger partial charge in [-0.1, -0.05) is 0 Å². The molecule has 0 saturated carbocycles. The number of nitrogens with zero attached hydrogens (tertiary/aromatic N) is 2. The number of carbonyl (C=O) groups excluding carboxylic acids is 1. The second kappa shape index (κ2) is 8.23. The van der Waals surface area contributed by atoms with E-state index in [1.165, 1.54) is 12.4 Å². The Labute approximate surface area is 143 Å². The van der Waals surface area contributed by atoms with Crippen LogP contribution in [-0.2, 0) is 57.1 Å². The van der Waals surface area contributed by atoms with Crippen molar-refractivity contribution < 1.29 is 60.7 Å². The van der Waals surface area contributed by atoms with E-state index in [0.717, 1.165) is 4.31 Å². The van der Waals surface area contributed by atoms with Crippen molar-refractivity contribution in [2.24, 2.45) is 5.16 Å². The SMILES string of the molecule is [CH2-]CN(C[CH2-])S(=O)(=O)C1(C(=O)NO)ON=C(C)O1.[CH3-].[Y+3]. The van der Waals surface area contributed by atoms with E-state index in [-0.39, 0.29) is 59.1 Å². The van der Waals surface area contributed by atoms with Crippen LogP contribution in [0.5, 0.6) is 0 Å². The minimum absolute atomic E-state index is 0. The molecule has 0 fully saturated rings. The first-order chi connectivity index (χ1) is 8.35. The average Bonchev–Trinajstić information content (AvgIpc) is 2.73. The van der Waals surface area contributed by atoms with Crippen LogP contribution >= 0.6 is 0 Å². The van der Waals surface area contributed by atoms with Crippen LogP contribution in [0.3, 0.4) is 0 Å². The van der Waals surface area contributed by atoms with E-state index in [9.17, 15) is 13.2 Å². The minimum Gasteiger partial charge on any atom is -0.414 e. The van der Waals surface area contributed by atoms with Crippen LogP contribution in [0, 0.1) is 21.3 Å². The Hall–Kier alpha value is -0.286. The van der Waals surface area contributed by atoms with E-state index in [4.69, 9.17) is 9.94 Å². The van der Waals surface area contributed by atoms with E-state index in [1.54, 1.807) is 0 Å². The molecule has 0 aromatic heterocycles. The van der Waals surface area contributed by atoms with Crippen molar-refractivity contribution in [2.45, 2.75) is 12.0 Å². The summed E-state index contributed by atoms with van der Waals surface area (Å²) in [5.74, 6) is -1.59. The van der Waals surface area contributed by atoms with Gasteiger partial charge in [0.05, 0.1) is 0 Å². The van der Waals surface area contributed by atoms with E-state index in [0.29, 0.717) is 0 Å². The van der Waals surface area contributed by atoms with Crippen LogP contribution in [0.1, 0.15) is 6.92 Å². The average molecular weight is 383 g/mol. The van der Waals surface area contributed by atoms with Gasteiger partial charge in [0.15, 0.2) is 0 Å². The summed E-state index contributed by atoms with van der Waals surface area (Å²) >= 11 is 0. The third-order valence-electron chi connectivity index (χ3n) is 2.13. The number of oxime groups is 1. The molecule has 1 atom stereocenters. The van der Waals surface area contributed by atoms with Crippen molar-refractivity contribution in [1.82, 2.24) is 9.79 Å². The molecule has 0 aromatic rings. The quantitative estimate of drug-likeness (QED) is 0.367. The molecule has 9 nitrogen and oxygen atoms in total. The van der Waals surface area contributed by atoms with Gasteiger partial charge in [-0.25, -0.2) is 13.9 Å². The van der Waals surface area contributed by atoms with Crippen molar-refractivity contribution in [3.8, 4) is 0 Å². The van der Waals surface area contributed by atoms with Crippen LogP contribution in [0.15, 0.2) is 5.16 Å². The monoisotopic (exact) mass is 383 g/mol. The molecule has 1 aliphatic rings. The first-order valence-electron chi connectivity index (χ1n) is 4.80. The Morgan fingerprint density at radius 3 is 2.30 bits per heavy atom. The zero-order valence-corrected chi connectivity index (χ0v) is 14.9. The molecular weight excluding hydrogens is 367 g/mol. The standard InChI is InChI=1S/C8H13N3O6S.CH3.Y/c1-4-11(5-2)18(14,15)8(7(12)9-13)16-6(3)10-17-8;;/h13H,1-2,4-5H2,3H3,(H,9,12);1H3;/q-2;-1;+3. The van der Waals surface area contributed by atoms with Crippen LogP contribution in [0.4, 0.5) is 0 Å². The number of rotatable bonds is 5. The zero-order valence-electron chi connectivity index (χ0n) is 11.2. The predicted molar refractivity (Wildman–Crippen MR) is 65.6 cm³/mol. The number of carbonyl (C=O) groups is 1. The van der Waals surface area contributed by atoms with Crippen molar-refractivity contribution in [2.75, 3.05) is 13.1 Å². The van der Waals surface area contributed by atoms with E-state index >= 15 is 0 Å². The number of ether oxygens (including phenoxy) is 1. The second-order valence-electron chi connectivity index (χ2n) is 3.20. The first kappa shape index (κ1) is 22.0. The summed E-state index contributed by atoms with van der Waals surface area (Å²) < 4.78 is 30.0. The van der Waals surface area contributed by atoms with Crippen LogP contribution < -0.4 is 5.48 Å². The Bertz CT molecular complexity index is 464. The van der Waals surface area contributed by atoms with Gasteiger partial charge < -0.3 is 30.8 Å². The number of hydrogen-bond donors (Lipinski definition) is 2. The largest absolute Gasteiger partial charge is 3.00 e. The van der Waals surface area contributed by atoms with Crippen LogP contribution in [-0.4, -0.2) is 47.9 Å². The first-order valence-corrected chi connectivity index (χ1v) is 6.24. The van der Waals surface area contributed by atoms with Gasteiger partial charge in [0.1, 0.15) is 0 Å². The molecule has 1 heterocycles. The minimum atomic E-state index is -4.43. The van der Waals surface area contributed by atoms with Gasteiger partial charge in [-0.3, -0.25) is 14.3 Å². The van der Waals surface area contributed by atoms with Crippen molar-refractivity contribution in [3.63, 3.8) is 0 Å². The Morgan fingerprint density at radius 1 is 1.50 bits per heavy atom. The number of sulfonamides is 1. The summed E-state index contributed by atoms with van der Waals surface area (Å²) in [5, 5.41) is 9.07. The smallest absolute Gasteiger partial charge is 0.414 e. The van der Waals surface area contributed by atoms with Crippen LogP contribution in [0.2, 0.25) is 0 Å². The Kier molecular flexibility index (Phi) is 9.05. The summed E-state index contributed by atoms with van der Waals surface area (Å²) in [6.07, 6.45) is 0. The second-order valence-corrected chi connectivity index (χ2v) is 5.21. The Balaban J connectivity index is 0. The number of hydrogen-bond acceptors (Lipinski definition) is 7. The van der Waals surface area contributed by atoms with E-state index in [1.807, 2.05) is 0 Å². The molecule has 1 aliphatic heterocycles. The topological polar surface area (TPSA) is 118 Å². The van der Waals surface area contributed by atoms with Crippen molar-refractivity contribution >= 4 is 21.8 Å².